The van der Waals surface area contributed by atoms with E-state index in [2.05, 4.69) is 5.32 Å². The quantitative estimate of drug-likeness (QED) is 0.836. The number of amides is 1. The topological polar surface area (TPSA) is 89.5 Å². The van der Waals surface area contributed by atoms with Crippen molar-refractivity contribution in [2.24, 2.45) is 5.92 Å². The monoisotopic (exact) mass is 343 g/mol. The molecule has 1 heterocycles. The van der Waals surface area contributed by atoms with Crippen LogP contribution in [0, 0.1) is 18.7 Å². The van der Waals surface area contributed by atoms with Gasteiger partial charge in [-0.25, -0.2) is 12.8 Å². The molecule has 6 nitrogen and oxygen atoms in total. The van der Waals surface area contributed by atoms with E-state index in [-0.39, 0.29) is 23.6 Å². The molecule has 1 aromatic rings. The summed E-state index contributed by atoms with van der Waals surface area (Å²) in [6, 6.07) is 4.23. The molecular formula is C15H18FNO5S. The third-order valence-corrected chi connectivity index (χ3v) is 5.44. The smallest absolute Gasteiger partial charge is 0.310 e. The van der Waals surface area contributed by atoms with Crippen LogP contribution < -0.4 is 5.32 Å². The lowest BCUT2D eigenvalue weighted by Crippen LogP contribution is -2.32. The maximum absolute atomic E-state index is 13.4. The first-order valence-electron chi connectivity index (χ1n) is 7.16. The highest BCUT2D eigenvalue weighted by Gasteiger charge is 2.35. The highest BCUT2D eigenvalue weighted by molar-refractivity contribution is 7.91. The van der Waals surface area contributed by atoms with Gasteiger partial charge >= 0.3 is 5.97 Å². The van der Waals surface area contributed by atoms with Gasteiger partial charge in [0.15, 0.2) is 15.9 Å². The fourth-order valence-electron chi connectivity index (χ4n) is 2.22. The number of nitrogens with one attached hydrogen (secondary N) is 1. The van der Waals surface area contributed by atoms with Crippen LogP contribution in [0.25, 0.3) is 0 Å². The van der Waals surface area contributed by atoms with Gasteiger partial charge in [-0.1, -0.05) is 6.07 Å². The van der Waals surface area contributed by atoms with Crippen molar-refractivity contribution >= 4 is 27.4 Å². The average Bonchev–Trinajstić information content (AvgIpc) is 2.83. The predicted octanol–water partition coefficient (Wildman–Crippen LogP) is 1.44. The maximum Gasteiger partial charge on any atom is 0.310 e. The number of anilines is 1. The molecule has 0 bridgehead atoms. The van der Waals surface area contributed by atoms with Gasteiger partial charge in [-0.3, -0.25) is 9.59 Å². The fourth-order valence-corrected chi connectivity index (χ4v) is 3.95. The van der Waals surface area contributed by atoms with Gasteiger partial charge in [0.05, 0.1) is 17.4 Å². The van der Waals surface area contributed by atoms with E-state index >= 15 is 0 Å². The van der Waals surface area contributed by atoms with Gasteiger partial charge in [0, 0.05) is 5.69 Å². The van der Waals surface area contributed by atoms with Crippen LogP contribution in [0.15, 0.2) is 18.2 Å². The van der Waals surface area contributed by atoms with E-state index in [1.807, 2.05) is 0 Å². The molecule has 23 heavy (non-hydrogen) atoms. The predicted molar refractivity (Wildman–Crippen MR) is 82.1 cm³/mol. The Morgan fingerprint density at radius 1 is 1.39 bits per heavy atom. The summed E-state index contributed by atoms with van der Waals surface area (Å²) in [6.07, 6.45) is -0.895. The van der Waals surface area contributed by atoms with Crippen molar-refractivity contribution in [2.75, 3.05) is 16.8 Å². The van der Waals surface area contributed by atoms with E-state index < -0.39 is 39.6 Å². The van der Waals surface area contributed by atoms with E-state index in [0.29, 0.717) is 5.56 Å². The molecule has 1 N–H and O–H groups in total. The van der Waals surface area contributed by atoms with Crippen molar-refractivity contribution in [3.8, 4) is 0 Å². The van der Waals surface area contributed by atoms with Gasteiger partial charge in [0.1, 0.15) is 5.82 Å². The van der Waals surface area contributed by atoms with Crippen molar-refractivity contribution in [3.05, 3.63) is 29.6 Å². The second-order valence-electron chi connectivity index (χ2n) is 5.63. The zero-order chi connectivity index (χ0) is 17.2. The highest BCUT2D eigenvalue weighted by atomic mass is 32.2. The summed E-state index contributed by atoms with van der Waals surface area (Å²) in [7, 11) is -3.20. The minimum absolute atomic E-state index is 0.0456. The van der Waals surface area contributed by atoms with Crippen LogP contribution in [0.2, 0.25) is 0 Å². The first-order chi connectivity index (χ1) is 10.7. The third kappa shape index (κ3) is 4.51. The van der Waals surface area contributed by atoms with Gasteiger partial charge in [0.2, 0.25) is 0 Å². The van der Waals surface area contributed by atoms with Crippen molar-refractivity contribution in [3.63, 3.8) is 0 Å². The molecule has 0 aliphatic carbocycles. The summed E-state index contributed by atoms with van der Waals surface area (Å²) in [5, 5.41) is 2.45. The molecule has 0 aromatic heterocycles. The first-order valence-corrected chi connectivity index (χ1v) is 8.98. The Hall–Kier alpha value is -1.96. The second-order valence-corrected chi connectivity index (χ2v) is 7.86. The van der Waals surface area contributed by atoms with Crippen molar-refractivity contribution in [1.82, 2.24) is 0 Å². The molecular weight excluding hydrogens is 325 g/mol. The molecule has 2 atom stereocenters. The number of benzene rings is 1. The number of carbonyl (C=O) groups excluding carboxylic acids is 2. The van der Waals surface area contributed by atoms with Crippen molar-refractivity contribution in [2.45, 2.75) is 26.4 Å². The summed E-state index contributed by atoms with van der Waals surface area (Å²) in [5.74, 6) is -2.79. The molecule has 1 fully saturated rings. The number of halogens is 1. The second kappa shape index (κ2) is 6.66. The van der Waals surface area contributed by atoms with Crippen LogP contribution in [-0.2, 0) is 24.2 Å². The highest BCUT2D eigenvalue weighted by Crippen LogP contribution is 2.20. The van der Waals surface area contributed by atoms with Crippen LogP contribution in [0.5, 0.6) is 0 Å². The summed E-state index contributed by atoms with van der Waals surface area (Å²) >= 11 is 0. The van der Waals surface area contributed by atoms with Gasteiger partial charge in [0.25, 0.3) is 5.91 Å². The number of carbonyl (C=O) groups is 2. The average molecular weight is 343 g/mol. The Balaban J connectivity index is 1.92. The van der Waals surface area contributed by atoms with Crippen molar-refractivity contribution in [1.29, 1.82) is 0 Å². The number of aryl methyl sites for hydroxylation is 1. The Labute approximate surface area is 133 Å². The molecule has 1 aliphatic heterocycles. The van der Waals surface area contributed by atoms with E-state index in [1.165, 1.54) is 25.1 Å². The molecule has 1 aliphatic rings. The Kier molecular flexibility index (Phi) is 5.03. The summed E-state index contributed by atoms with van der Waals surface area (Å²) in [4.78, 5) is 23.8. The largest absolute Gasteiger partial charge is 0.452 e. The minimum atomic E-state index is -3.20. The minimum Gasteiger partial charge on any atom is -0.452 e. The molecule has 126 valence electrons. The van der Waals surface area contributed by atoms with Crippen LogP contribution >= 0.6 is 0 Å². The lowest BCUT2D eigenvalue weighted by atomic mass is 10.1. The van der Waals surface area contributed by atoms with Crippen LogP contribution in [0.4, 0.5) is 10.1 Å². The number of hydrogen-bond acceptors (Lipinski definition) is 5. The SMILES string of the molecule is Cc1ccc(NC(=O)[C@@H](C)OC(=O)[C@@H]2CCS(=O)(=O)C2)cc1F. The van der Waals surface area contributed by atoms with E-state index in [1.54, 1.807) is 6.92 Å². The summed E-state index contributed by atoms with van der Waals surface area (Å²) in [6.45, 7) is 2.97. The van der Waals surface area contributed by atoms with Crippen LogP contribution in [0.3, 0.4) is 0 Å². The standard InChI is InChI=1S/C15H18FNO5S/c1-9-3-4-12(7-13(9)16)17-14(18)10(2)22-15(19)11-5-6-23(20,21)8-11/h3-4,7,10-11H,5-6,8H2,1-2H3,(H,17,18)/t10-,11-/m1/s1. The van der Waals surface area contributed by atoms with E-state index in [4.69, 9.17) is 4.74 Å². The normalized spacial score (nSPS) is 20.7. The maximum atomic E-state index is 13.4. The third-order valence-electron chi connectivity index (χ3n) is 3.67. The van der Waals surface area contributed by atoms with Gasteiger partial charge < -0.3 is 10.1 Å². The van der Waals surface area contributed by atoms with Gasteiger partial charge in [-0.2, -0.15) is 0 Å². The van der Waals surface area contributed by atoms with E-state index in [9.17, 15) is 22.4 Å². The Morgan fingerprint density at radius 3 is 2.65 bits per heavy atom. The molecule has 1 aromatic carbocycles. The van der Waals surface area contributed by atoms with Crippen LogP contribution in [0.1, 0.15) is 18.9 Å². The van der Waals surface area contributed by atoms with Gasteiger partial charge in [-0.05, 0) is 38.0 Å². The first kappa shape index (κ1) is 17.4. The molecule has 0 radical (unpaired) electrons. The van der Waals surface area contributed by atoms with Crippen LogP contribution in [-0.4, -0.2) is 37.9 Å². The summed E-state index contributed by atoms with van der Waals surface area (Å²) < 4.78 is 41.1. The number of esters is 1. The number of ether oxygens (including phenoxy) is 1. The zero-order valence-electron chi connectivity index (χ0n) is 12.8. The number of hydrogen-bond donors (Lipinski definition) is 1. The zero-order valence-corrected chi connectivity index (χ0v) is 13.7. The molecule has 0 saturated carbocycles. The molecule has 0 unspecified atom stereocenters. The lowest BCUT2D eigenvalue weighted by Gasteiger charge is -2.15. The van der Waals surface area contributed by atoms with E-state index in [0.717, 1.165) is 0 Å². The molecule has 2 rings (SSSR count). The number of rotatable bonds is 4. The van der Waals surface area contributed by atoms with Crippen molar-refractivity contribution < 1.29 is 27.1 Å². The molecule has 1 amide bonds. The molecule has 1 saturated heterocycles. The lowest BCUT2D eigenvalue weighted by molar-refractivity contribution is -0.156. The summed E-state index contributed by atoms with van der Waals surface area (Å²) in [5.41, 5.74) is 0.703. The fraction of sp³-hybridized carbons (Fsp3) is 0.467. The molecule has 8 heteroatoms. The Morgan fingerprint density at radius 2 is 2.09 bits per heavy atom. The Bertz CT molecular complexity index is 731. The molecule has 0 spiro atoms. The van der Waals surface area contributed by atoms with Gasteiger partial charge in [-0.15, -0.1) is 0 Å². The number of sulfone groups is 1.